The van der Waals surface area contributed by atoms with Crippen molar-refractivity contribution < 1.29 is 0 Å². The molecule has 1 aliphatic carbocycles. The van der Waals surface area contributed by atoms with E-state index in [4.69, 9.17) is 23.2 Å². The van der Waals surface area contributed by atoms with E-state index >= 15 is 0 Å². The van der Waals surface area contributed by atoms with Crippen LogP contribution in [0.1, 0.15) is 29.5 Å². The maximum Gasteiger partial charge on any atom is 0.0568 e. The second kappa shape index (κ2) is 5.08. The molecule has 0 radical (unpaired) electrons. The predicted molar refractivity (Wildman–Crippen MR) is 89.3 cm³/mol. The summed E-state index contributed by atoms with van der Waals surface area (Å²) in [6.45, 7) is 0. The molecule has 0 amide bonds. The summed E-state index contributed by atoms with van der Waals surface area (Å²) in [7, 11) is 0. The Kier molecular flexibility index (Phi) is 3.20. The zero-order valence-corrected chi connectivity index (χ0v) is 12.9. The van der Waals surface area contributed by atoms with Gasteiger partial charge in [0.15, 0.2) is 0 Å². The number of hydrogen-bond acceptors (Lipinski definition) is 1. The lowest BCUT2D eigenvalue weighted by atomic mass is 9.77. The molecule has 0 bridgehead atoms. The van der Waals surface area contributed by atoms with E-state index in [1.807, 2.05) is 18.2 Å². The molecule has 1 nitrogen and oxygen atoms in total. The normalized spacial score (nSPS) is 26.1. The fourth-order valence-corrected chi connectivity index (χ4v) is 4.03. The van der Waals surface area contributed by atoms with Crippen molar-refractivity contribution in [2.45, 2.75) is 18.4 Å². The first-order valence-corrected chi connectivity index (χ1v) is 7.97. The number of nitrogens with one attached hydrogen (secondary N) is 1. The van der Waals surface area contributed by atoms with E-state index in [2.05, 4.69) is 41.7 Å². The first-order valence-electron chi connectivity index (χ1n) is 7.21. The fraction of sp³-hybridized carbons (Fsp3) is 0.222. The van der Waals surface area contributed by atoms with E-state index < -0.39 is 0 Å². The molecular weight excluding hydrogens is 301 g/mol. The van der Waals surface area contributed by atoms with E-state index in [0.717, 1.165) is 22.2 Å². The first-order chi connectivity index (χ1) is 10.2. The Labute approximate surface area is 134 Å². The van der Waals surface area contributed by atoms with Gasteiger partial charge < -0.3 is 5.32 Å². The molecule has 3 heteroatoms. The lowest BCUT2D eigenvalue weighted by Gasteiger charge is -2.38. The number of anilines is 1. The Morgan fingerprint density at radius 3 is 2.71 bits per heavy atom. The third-order valence-corrected chi connectivity index (χ3v) is 5.14. The quantitative estimate of drug-likeness (QED) is 0.654. The highest BCUT2D eigenvalue weighted by molar-refractivity contribution is 6.31. The Bertz CT molecular complexity index is 723. The van der Waals surface area contributed by atoms with Crippen molar-refractivity contribution in [1.29, 1.82) is 0 Å². The lowest BCUT2D eigenvalue weighted by Crippen LogP contribution is -2.29. The molecule has 0 spiro atoms. The molecule has 1 N–H and O–H groups in total. The Hall–Kier alpha value is -1.44. The van der Waals surface area contributed by atoms with Crippen molar-refractivity contribution in [3.8, 4) is 0 Å². The molecule has 1 aliphatic heterocycles. The molecular formula is C18H15Cl2N. The Balaban J connectivity index is 1.82. The van der Waals surface area contributed by atoms with Crippen LogP contribution in [0.25, 0.3) is 0 Å². The molecule has 1 heterocycles. The van der Waals surface area contributed by atoms with Gasteiger partial charge in [0.25, 0.3) is 0 Å². The van der Waals surface area contributed by atoms with Gasteiger partial charge >= 0.3 is 0 Å². The van der Waals surface area contributed by atoms with Crippen LogP contribution >= 0.6 is 23.2 Å². The minimum Gasteiger partial charge on any atom is -0.378 e. The molecule has 3 atom stereocenters. The molecule has 0 unspecified atom stereocenters. The molecule has 2 aliphatic rings. The molecule has 0 saturated carbocycles. The van der Waals surface area contributed by atoms with Crippen molar-refractivity contribution in [2.24, 2.45) is 5.92 Å². The number of fused-ring (bicyclic) bond motifs is 3. The molecule has 0 fully saturated rings. The zero-order valence-electron chi connectivity index (χ0n) is 11.4. The van der Waals surface area contributed by atoms with Crippen LogP contribution in [0, 0.1) is 5.92 Å². The molecule has 0 saturated heterocycles. The summed E-state index contributed by atoms with van der Waals surface area (Å²) < 4.78 is 0. The smallest absolute Gasteiger partial charge is 0.0568 e. The first kappa shape index (κ1) is 13.2. The van der Waals surface area contributed by atoms with Gasteiger partial charge in [0.05, 0.1) is 6.04 Å². The van der Waals surface area contributed by atoms with Gasteiger partial charge in [-0.3, -0.25) is 0 Å². The minimum atomic E-state index is 0.243. The molecule has 0 aromatic heterocycles. The number of rotatable bonds is 1. The highest BCUT2D eigenvalue weighted by atomic mass is 35.5. The Morgan fingerprint density at radius 2 is 1.86 bits per heavy atom. The van der Waals surface area contributed by atoms with Crippen LogP contribution in [-0.4, -0.2) is 0 Å². The third kappa shape index (κ3) is 2.16. The van der Waals surface area contributed by atoms with E-state index in [1.165, 1.54) is 11.1 Å². The highest BCUT2D eigenvalue weighted by Gasteiger charge is 2.38. The van der Waals surface area contributed by atoms with Gasteiger partial charge in [-0.2, -0.15) is 0 Å². The number of hydrogen-bond donors (Lipinski definition) is 1. The number of allylic oxidation sites excluding steroid dienone is 2. The van der Waals surface area contributed by atoms with Crippen LogP contribution in [0.2, 0.25) is 10.0 Å². The van der Waals surface area contributed by atoms with Gasteiger partial charge in [0.2, 0.25) is 0 Å². The van der Waals surface area contributed by atoms with Crippen molar-refractivity contribution in [1.82, 2.24) is 0 Å². The topological polar surface area (TPSA) is 12.0 Å². The fourth-order valence-electron chi connectivity index (χ4n) is 3.60. The zero-order chi connectivity index (χ0) is 14.4. The second-order valence-electron chi connectivity index (χ2n) is 5.73. The van der Waals surface area contributed by atoms with Crippen LogP contribution in [0.5, 0.6) is 0 Å². The lowest BCUT2D eigenvalue weighted by molar-refractivity contribution is 0.426. The molecule has 2 aromatic carbocycles. The standard InChI is InChI=1S/C18H15Cl2N/c19-11-8-9-17-15(10-11)12-5-3-6-13(12)18(21-17)14-4-1-2-7-16(14)20/h1-5,7-10,12-13,18,21H,6H2/t12-,13+,18+/m0/s1. The van der Waals surface area contributed by atoms with Crippen LogP contribution in [0.4, 0.5) is 5.69 Å². The number of halogens is 2. The monoisotopic (exact) mass is 315 g/mol. The molecule has 4 rings (SSSR count). The summed E-state index contributed by atoms with van der Waals surface area (Å²) in [4.78, 5) is 0. The molecule has 2 aromatic rings. The molecule has 21 heavy (non-hydrogen) atoms. The van der Waals surface area contributed by atoms with E-state index in [1.54, 1.807) is 0 Å². The average Bonchev–Trinajstić information content (AvgIpc) is 2.97. The van der Waals surface area contributed by atoms with Gasteiger partial charge in [0.1, 0.15) is 0 Å². The SMILES string of the molecule is Clc1ccc2c(c1)[C@H]1C=CC[C@H]1[C@H](c1ccccc1Cl)N2. The summed E-state index contributed by atoms with van der Waals surface area (Å²) in [5.41, 5.74) is 3.64. The van der Waals surface area contributed by atoms with Gasteiger partial charge in [0, 0.05) is 21.7 Å². The Morgan fingerprint density at radius 1 is 1.00 bits per heavy atom. The summed E-state index contributed by atoms with van der Waals surface area (Å²) in [6.07, 6.45) is 5.65. The second-order valence-corrected chi connectivity index (χ2v) is 6.57. The van der Waals surface area contributed by atoms with E-state index in [0.29, 0.717) is 11.8 Å². The largest absolute Gasteiger partial charge is 0.378 e. The maximum atomic E-state index is 6.42. The van der Waals surface area contributed by atoms with Crippen molar-refractivity contribution in [2.75, 3.05) is 5.32 Å². The minimum absolute atomic E-state index is 0.243. The maximum absolute atomic E-state index is 6.42. The number of benzene rings is 2. The van der Waals surface area contributed by atoms with Crippen LogP contribution < -0.4 is 5.32 Å². The summed E-state index contributed by atoms with van der Waals surface area (Å²) in [5, 5.41) is 5.30. The molecule has 106 valence electrons. The van der Waals surface area contributed by atoms with Crippen LogP contribution in [-0.2, 0) is 0 Å². The van der Waals surface area contributed by atoms with Gasteiger partial charge in [-0.25, -0.2) is 0 Å². The third-order valence-electron chi connectivity index (χ3n) is 4.57. The van der Waals surface area contributed by atoms with Crippen molar-refractivity contribution in [3.63, 3.8) is 0 Å². The summed E-state index contributed by atoms with van der Waals surface area (Å²) in [6, 6.07) is 14.5. The summed E-state index contributed by atoms with van der Waals surface area (Å²) in [5.74, 6) is 0.914. The highest BCUT2D eigenvalue weighted by Crippen LogP contribution is 2.51. The van der Waals surface area contributed by atoms with Crippen LogP contribution in [0.3, 0.4) is 0 Å². The van der Waals surface area contributed by atoms with Crippen molar-refractivity contribution >= 4 is 28.9 Å². The summed E-state index contributed by atoms with van der Waals surface area (Å²) >= 11 is 12.6. The average molecular weight is 316 g/mol. The van der Waals surface area contributed by atoms with Gasteiger partial charge in [-0.05, 0) is 47.7 Å². The predicted octanol–water partition coefficient (Wildman–Crippen LogP) is 5.82. The van der Waals surface area contributed by atoms with Crippen molar-refractivity contribution in [3.05, 3.63) is 75.8 Å². The van der Waals surface area contributed by atoms with Gasteiger partial charge in [-0.15, -0.1) is 0 Å². The van der Waals surface area contributed by atoms with E-state index in [-0.39, 0.29) is 6.04 Å². The van der Waals surface area contributed by atoms with Crippen LogP contribution in [0.15, 0.2) is 54.6 Å². The van der Waals surface area contributed by atoms with Gasteiger partial charge in [-0.1, -0.05) is 53.6 Å². The van der Waals surface area contributed by atoms with E-state index in [9.17, 15) is 0 Å².